The molecule has 33 heavy (non-hydrogen) atoms. The topological polar surface area (TPSA) is 117 Å². The van der Waals surface area contributed by atoms with E-state index in [1.807, 2.05) is 24.4 Å². The molecule has 4 N–H and O–H groups in total. The number of hydrogen-bond donors (Lipinski definition) is 2. The molecule has 1 unspecified atom stereocenters. The van der Waals surface area contributed by atoms with Gasteiger partial charge in [0.15, 0.2) is 5.69 Å². The number of anilines is 1. The number of rotatable bonds is 8. The molecule has 0 saturated carbocycles. The second-order valence-electron chi connectivity index (χ2n) is 8.76. The summed E-state index contributed by atoms with van der Waals surface area (Å²) in [5, 5.41) is 11.2. The molecule has 1 aliphatic rings. The second kappa shape index (κ2) is 11.0. The first-order valence-corrected chi connectivity index (χ1v) is 11.7. The van der Waals surface area contributed by atoms with Gasteiger partial charge in [0.1, 0.15) is 6.07 Å². The maximum absolute atomic E-state index is 12.4. The first kappa shape index (κ1) is 24.3. The third-order valence-electron chi connectivity index (χ3n) is 6.33. The summed E-state index contributed by atoms with van der Waals surface area (Å²) in [6, 6.07) is 9.42. The standard InChI is InChI=1S/C25H35N7O/c1-4-7-19-9-12-24(33)32(16-19)17-23(30(3)28)25(27)20-10-11-22(21(14-26)29-20)31-13-6-8-18(5-2)15-31/h9-12,16,18H,4-8,13,15,17,27-28H2,1-3H3/b25-23-. The fraction of sp³-hybridized carbons (Fsp3) is 0.480. The zero-order valence-corrected chi connectivity index (χ0v) is 19.9. The number of hydrogen-bond acceptors (Lipinski definition) is 7. The van der Waals surface area contributed by atoms with Gasteiger partial charge in [-0.1, -0.05) is 32.8 Å². The predicted molar refractivity (Wildman–Crippen MR) is 132 cm³/mol. The summed E-state index contributed by atoms with van der Waals surface area (Å²) in [6.45, 7) is 6.38. The Morgan fingerprint density at radius 3 is 2.76 bits per heavy atom. The van der Waals surface area contributed by atoms with Crippen LogP contribution < -0.4 is 22.0 Å². The van der Waals surface area contributed by atoms with E-state index in [4.69, 9.17) is 11.6 Å². The van der Waals surface area contributed by atoms with Crippen molar-refractivity contribution in [1.82, 2.24) is 14.6 Å². The minimum absolute atomic E-state index is 0.126. The Balaban J connectivity index is 1.96. The van der Waals surface area contributed by atoms with Gasteiger partial charge in [-0.15, -0.1) is 0 Å². The van der Waals surface area contributed by atoms with Crippen molar-refractivity contribution in [3.05, 3.63) is 63.5 Å². The number of nitrogens with zero attached hydrogens (tertiary/aromatic N) is 5. The van der Waals surface area contributed by atoms with Crippen molar-refractivity contribution < 1.29 is 0 Å². The average Bonchev–Trinajstić information content (AvgIpc) is 2.83. The summed E-state index contributed by atoms with van der Waals surface area (Å²) >= 11 is 0. The first-order valence-electron chi connectivity index (χ1n) is 11.7. The van der Waals surface area contributed by atoms with Crippen LogP contribution in [-0.4, -0.2) is 34.7 Å². The summed E-state index contributed by atoms with van der Waals surface area (Å²) in [7, 11) is 1.68. The van der Waals surface area contributed by atoms with Gasteiger partial charge in [0.2, 0.25) is 0 Å². The molecule has 176 valence electrons. The number of allylic oxidation sites excluding steroid dienone is 1. The van der Waals surface area contributed by atoms with E-state index in [0.717, 1.165) is 50.0 Å². The van der Waals surface area contributed by atoms with E-state index in [-0.39, 0.29) is 12.1 Å². The molecule has 1 atom stereocenters. The SMILES string of the molecule is CCCc1ccc(=O)n(C/C(=C(/N)c2ccc(N3CCCC(CC)C3)c(C#N)n2)N(C)N)c1. The second-order valence-corrected chi connectivity index (χ2v) is 8.76. The molecule has 2 aromatic rings. The van der Waals surface area contributed by atoms with Crippen LogP contribution in [0.25, 0.3) is 5.70 Å². The molecule has 3 rings (SSSR count). The van der Waals surface area contributed by atoms with Gasteiger partial charge in [-0.25, -0.2) is 10.8 Å². The van der Waals surface area contributed by atoms with Crippen molar-refractivity contribution in [2.75, 3.05) is 25.0 Å². The van der Waals surface area contributed by atoms with Crippen molar-refractivity contribution in [3.8, 4) is 6.07 Å². The van der Waals surface area contributed by atoms with Gasteiger partial charge in [0.05, 0.1) is 29.3 Å². The van der Waals surface area contributed by atoms with E-state index in [0.29, 0.717) is 28.7 Å². The lowest BCUT2D eigenvalue weighted by molar-refractivity contribution is 0.404. The number of hydrazine groups is 1. The van der Waals surface area contributed by atoms with Crippen molar-refractivity contribution >= 4 is 11.4 Å². The summed E-state index contributed by atoms with van der Waals surface area (Å²) in [6.07, 6.45) is 7.19. The van der Waals surface area contributed by atoms with Crippen molar-refractivity contribution in [2.24, 2.45) is 17.5 Å². The van der Waals surface area contributed by atoms with Crippen LogP contribution >= 0.6 is 0 Å². The predicted octanol–water partition coefficient (Wildman–Crippen LogP) is 2.83. The van der Waals surface area contributed by atoms with Gasteiger partial charge in [-0.3, -0.25) is 4.79 Å². The molecule has 0 radical (unpaired) electrons. The zero-order valence-electron chi connectivity index (χ0n) is 19.9. The minimum Gasteiger partial charge on any atom is -0.395 e. The van der Waals surface area contributed by atoms with Crippen LogP contribution in [0.2, 0.25) is 0 Å². The molecule has 8 heteroatoms. The molecular formula is C25H35N7O. The number of piperidine rings is 1. The Hall–Kier alpha value is -3.31. The molecule has 1 saturated heterocycles. The lowest BCUT2D eigenvalue weighted by Crippen LogP contribution is -2.36. The summed E-state index contributed by atoms with van der Waals surface area (Å²) < 4.78 is 1.61. The highest BCUT2D eigenvalue weighted by atomic mass is 16.1. The molecule has 2 aromatic heterocycles. The largest absolute Gasteiger partial charge is 0.395 e. The molecular weight excluding hydrogens is 414 g/mol. The quantitative estimate of drug-likeness (QED) is 0.470. The van der Waals surface area contributed by atoms with Crippen LogP contribution in [0.3, 0.4) is 0 Å². The number of nitrogens with two attached hydrogens (primary N) is 2. The van der Waals surface area contributed by atoms with E-state index in [9.17, 15) is 10.1 Å². The molecule has 3 heterocycles. The Kier molecular flexibility index (Phi) is 8.12. The normalized spacial score (nSPS) is 16.8. The molecule has 1 aliphatic heterocycles. The number of nitriles is 1. The summed E-state index contributed by atoms with van der Waals surface area (Å²) in [5.74, 6) is 6.73. The Labute approximate surface area is 196 Å². The van der Waals surface area contributed by atoms with Crippen LogP contribution in [0, 0.1) is 17.2 Å². The van der Waals surface area contributed by atoms with E-state index in [2.05, 4.69) is 29.8 Å². The Morgan fingerprint density at radius 1 is 1.30 bits per heavy atom. The van der Waals surface area contributed by atoms with Gasteiger partial charge in [-0.05, 0) is 42.9 Å². The summed E-state index contributed by atoms with van der Waals surface area (Å²) in [5.41, 5.74) is 10.0. The zero-order chi connectivity index (χ0) is 24.0. The highest BCUT2D eigenvalue weighted by Crippen LogP contribution is 2.28. The Morgan fingerprint density at radius 2 is 2.09 bits per heavy atom. The molecule has 0 spiro atoms. The molecule has 1 fully saturated rings. The third kappa shape index (κ3) is 5.74. The van der Waals surface area contributed by atoms with Crippen LogP contribution in [0.5, 0.6) is 0 Å². The molecule has 8 nitrogen and oxygen atoms in total. The number of pyridine rings is 2. The van der Waals surface area contributed by atoms with Gasteiger partial charge >= 0.3 is 0 Å². The minimum atomic E-state index is -0.126. The molecule has 0 aromatic carbocycles. The maximum atomic E-state index is 12.4. The average molecular weight is 450 g/mol. The van der Waals surface area contributed by atoms with Gasteiger partial charge in [0, 0.05) is 32.4 Å². The number of aryl methyl sites for hydroxylation is 1. The monoisotopic (exact) mass is 449 g/mol. The van der Waals surface area contributed by atoms with Crippen LogP contribution in [0.1, 0.15) is 56.5 Å². The van der Waals surface area contributed by atoms with E-state index >= 15 is 0 Å². The van der Waals surface area contributed by atoms with Gasteiger partial charge < -0.3 is 20.2 Å². The van der Waals surface area contributed by atoms with Crippen LogP contribution in [-0.2, 0) is 13.0 Å². The highest BCUT2D eigenvalue weighted by molar-refractivity contribution is 5.67. The lowest BCUT2D eigenvalue weighted by atomic mass is 9.95. The van der Waals surface area contributed by atoms with Crippen molar-refractivity contribution in [2.45, 2.75) is 52.5 Å². The smallest absolute Gasteiger partial charge is 0.250 e. The highest BCUT2D eigenvalue weighted by Gasteiger charge is 2.22. The van der Waals surface area contributed by atoms with Gasteiger partial charge in [-0.2, -0.15) is 5.26 Å². The van der Waals surface area contributed by atoms with Crippen LogP contribution in [0.4, 0.5) is 5.69 Å². The fourth-order valence-electron chi connectivity index (χ4n) is 4.39. The maximum Gasteiger partial charge on any atom is 0.250 e. The van der Waals surface area contributed by atoms with Crippen LogP contribution in [0.15, 0.2) is 41.0 Å². The lowest BCUT2D eigenvalue weighted by Gasteiger charge is -2.34. The fourth-order valence-corrected chi connectivity index (χ4v) is 4.39. The Bertz CT molecular complexity index is 1100. The van der Waals surface area contributed by atoms with E-state index < -0.39 is 0 Å². The number of aromatic nitrogens is 2. The molecule has 0 amide bonds. The van der Waals surface area contributed by atoms with Crippen molar-refractivity contribution in [1.29, 1.82) is 5.26 Å². The first-order chi connectivity index (χ1) is 15.9. The summed E-state index contributed by atoms with van der Waals surface area (Å²) in [4.78, 5) is 19.3. The third-order valence-corrected chi connectivity index (χ3v) is 6.33. The molecule has 0 bridgehead atoms. The van der Waals surface area contributed by atoms with E-state index in [1.54, 1.807) is 17.7 Å². The van der Waals surface area contributed by atoms with Crippen molar-refractivity contribution in [3.63, 3.8) is 0 Å². The van der Waals surface area contributed by atoms with Gasteiger partial charge in [0.25, 0.3) is 5.56 Å². The van der Waals surface area contributed by atoms with E-state index in [1.165, 1.54) is 11.4 Å². The number of likely N-dealkylation sites (N-methyl/N-ethyl adjacent to an activating group) is 1. The molecule has 0 aliphatic carbocycles.